The lowest BCUT2D eigenvalue weighted by Crippen LogP contribution is -2.43. The Balaban J connectivity index is 2.19. The first-order valence-electron chi connectivity index (χ1n) is 8.66. The third-order valence-electron chi connectivity index (χ3n) is 4.73. The van der Waals surface area contributed by atoms with E-state index in [1.807, 2.05) is 0 Å². The largest absolute Gasteiger partial charge is 0.372 e. The van der Waals surface area contributed by atoms with Crippen LogP contribution < -0.4 is 5.32 Å². The summed E-state index contributed by atoms with van der Waals surface area (Å²) in [5, 5.41) is 3.73. The Hall–Kier alpha value is -0.860. The maximum absolute atomic E-state index is 6.17. The summed E-state index contributed by atoms with van der Waals surface area (Å²) in [6, 6.07) is 11.2. The second kappa shape index (κ2) is 8.55. The molecule has 1 aromatic rings. The first-order valence-corrected chi connectivity index (χ1v) is 8.66. The molecular weight excluding hydrogens is 258 g/mol. The Morgan fingerprint density at radius 3 is 2.57 bits per heavy atom. The standard InChI is InChI=1S/C19H31NO/c1-4-20-18(17-13-9-10-15(3)14-17)19(21-5-2)16-11-7-6-8-12-16/h6-8,11-12,15,17-20H,4-5,9-10,13-14H2,1-3H3. The Bertz CT molecular complexity index is 392. The minimum Gasteiger partial charge on any atom is -0.372 e. The lowest BCUT2D eigenvalue weighted by atomic mass is 9.76. The molecule has 0 aliphatic heterocycles. The van der Waals surface area contributed by atoms with Gasteiger partial charge in [0.05, 0.1) is 6.10 Å². The van der Waals surface area contributed by atoms with Crippen molar-refractivity contribution in [3.8, 4) is 0 Å². The third-order valence-corrected chi connectivity index (χ3v) is 4.73. The molecule has 0 aromatic heterocycles. The van der Waals surface area contributed by atoms with Gasteiger partial charge in [-0.1, -0.05) is 57.0 Å². The van der Waals surface area contributed by atoms with E-state index in [0.29, 0.717) is 6.04 Å². The molecule has 4 atom stereocenters. The van der Waals surface area contributed by atoms with Crippen molar-refractivity contribution in [2.75, 3.05) is 13.2 Å². The van der Waals surface area contributed by atoms with E-state index < -0.39 is 0 Å². The highest BCUT2D eigenvalue weighted by Gasteiger charge is 2.33. The molecule has 1 N–H and O–H groups in total. The van der Waals surface area contributed by atoms with E-state index in [1.165, 1.54) is 31.2 Å². The Labute approximate surface area is 130 Å². The summed E-state index contributed by atoms with van der Waals surface area (Å²) in [5.41, 5.74) is 1.31. The molecule has 1 aliphatic rings. The number of rotatable bonds is 7. The maximum atomic E-state index is 6.17. The van der Waals surface area contributed by atoms with Crippen molar-refractivity contribution in [3.05, 3.63) is 35.9 Å². The fourth-order valence-electron chi connectivity index (χ4n) is 3.79. The molecule has 1 fully saturated rings. The van der Waals surface area contributed by atoms with Crippen LogP contribution in [0.5, 0.6) is 0 Å². The Morgan fingerprint density at radius 1 is 1.19 bits per heavy atom. The van der Waals surface area contributed by atoms with Gasteiger partial charge < -0.3 is 10.1 Å². The number of likely N-dealkylation sites (N-methyl/N-ethyl adjacent to an activating group) is 1. The lowest BCUT2D eigenvalue weighted by Gasteiger charge is -2.38. The van der Waals surface area contributed by atoms with Gasteiger partial charge in [-0.3, -0.25) is 0 Å². The summed E-state index contributed by atoms with van der Waals surface area (Å²) in [6.07, 6.45) is 5.58. The molecule has 1 aromatic carbocycles. The first kappa shape index (κ1) is 16.5. The molecule has 1 aliphatic carbocycles. The molecule has 0 amide bonds. The van der Waals surface area contributed by atoms with Gasteiger partial charge in [0.15, 0.2) is 0 Å². The first-order chi connectivity index (χ1) is 10.3. The van der Waals surface area contributed by atoms with Crippen LogP contribution in [0.2, 0.25) is 0 Å². The van der Waals surface area contributed by atoms with Crippen LogP contribution in [0.4, 0.5) is 0 Å². The average molecular weight is 289 g/mol. The zero-order valence-corrected chi connectivity index (χ0v) is 13.8. The monoisotopic (exact) mass is 289 g/mol. The topological polar surface area (TPSA) is 21.3 Å². The number of ether oxygens (including phenoxy) is 1. The van der Waals surface area contributed by atoms with Gasteiger partial charge >= 0.3 is 0 Å². The highest BCUT2D eigenvalue weighted by atomic mass is 16.5. The number of nitrogens with one attached hydrogen (secondary N) is 1. The summed E-state index contributed by atoms with van der Waals surface area (Å²) in [7, 11) is 0. The van der Waals surface area contributed by atoms with E-state index in [0.717, 1.165) is 25.0 Å². The highest BCUT2D eigenvalue weighted by molar-refractivity contribution is 5.19. The van der Waals surface area contributed by atoms with Gasteiger partial charge in [0.2, 0.25) is 0 Å². The van der Waals surface area contributed by atoms with Gasteiger partial charge in [0.25, 0.3) is 0 Å². The van der Waals surface area contributed by atoms with Crippen molar-refractivity contribution < 1.29 is 4.74 Å². The van der Waals surface area contributed by atoms with Crippen LogP contribution in [-0.4, -0.2) is 19.2 Å². The number of hydrogen-bond donors (Lipinski definition) is 1. The van der Waals surface area contributed by atoms with Crippen LogP contribution in [0.1, 0.15) is 58.1 Å². The summed E-state index contributed by atoms with van der Waals surface area (Å²) in [5.74, 6) is 1.58. The van der Waals surface area contributed by atoms with Gasteiger partial charge in [0.1, 0.15) is 0 Å². The minimum absolute atomic E-state index is 0.173. The quantitative estimate of drug-likeness (QED) is 0.794. The molecule has 2 heteroatoms. The maximum Gasteiger partial charge on any atom is 0.0980 e. The zero-order chi connectivity index (χ0) is 15.1. The van der Waals surface area contributed by atoms with Crippen molar-refractivity contribution in [3.63, 3.8) is 0 Å². The second-order valence-electron chi connectivity index (χ2n) is 6.40. The van der Waals surface area contributed by atoms with Gasteiger partial charge in [-0.25, -0.2) is 0 Å². The third kappa shape index (κ3) is 4.55. The smallest absolute Gasteiger partial charge is 0.0980 e. The lowest BCUT2D eigenvalue weighted by molar-refractivity contribution is 0.00695. The van der Waals surface area contributed by atoms with Gasteiger partial charge in [0, 0.05) is 12.6 Å². The molecular formula is C19H31NO. The van der Waals surface area contributed by atoms with Crippen molar-refractivity contribution in [2.45, 2.75) is 58.6 Å². The predicted molar refractivity (Wildman–Crippen MR) is 89.4 cm³/mol. The molecule has 118 valence electrons. The normalized spacial score (nSPS) is 25.5. The van der Waals surface area contributed by atoms with E-state index in [2.05, 4.69) is 56.4 Å². The van der Waals surface area contributed by atoms with Crippen LogP contribution >= 0.6 is 0 Å². The number of hydrogen-bond acceptors (Lipinski definition) is 2. The summed E-state index contributed by atoms with van der Waals surface area (Å²) < 4.78 is 6.17. The molecule has 0 saturated heterocycles. The van der Waals surface area contributed by atoms with Crippen molar-refractivity contribution in [1.29, 1.82) is 0 Å². The summed E-state index contributed by atoms with van der Waals surface area (Å²) >= 11 is 0. The molecule has 2 nitrogen and oxygen atoms in total. The molecule has 0 bridgehead atoms. The zero-order valence-electron chi connectivity index (χ0n) is 13.8. The predicted octanol–water partition coefficient (Wildman–Crippen LogP) is 4.57. The van der Waals surface area contributed by atoms with Crippen LogP contribution in [0.25, 0.3) is 0 Å². The van der Waals surface area contributed by atoms with Crippen LogP contribution in [0.3, 0.4) is 0 Å². The second-order valence-corrected chi connectivity index (χ2v) is 6.40. The molecule has 21 heavy (non-hydrogen) atoms. The van der Waals surface area contributed by atoms with Crippen LogP contribution in [0, 0.1) is 11.8 Å². The highest BCUT2D eigenvalue weighted by Crippen LogP contribution is 2.36. The molecule has 0 radical (unpaired) electrons. The minimum atomic E-state index is 0.173. The van der Waals surface area contributed by atoms with E-state index in [1.54, 1.807) is 0 Å². The van der Waals surface area contributed by atoms with E-state index >= 15 is 0 Å². The summed E-state index contributed by atoms with van der Waals surface area (Å²) in [4.78, 5) is 0. The van der Waals surface area contributed by atoms with Gasteiger partial charge in [-0.15, -0.1) is 0 Å². The molecule has 2 rings (SSSR count). The van der Waals surface area contributed by atoms with Crippen LogP contribution in [0.15, 0.2) is 30.3 Å². The summed E-state index contributed by atoms with van der Waals surface area (Å²) in [6.45, 7) is 8.47. The van der Waals surface area contributed by atoms with Gasteiger partial charge in [-0.2, -0.15) is 0 Å². The van der Waals surface area contributed by atoms with E-state index in [4.69, 9.17) is 4.74 Å². The van der Waals surface area contributed by atoms with Crippen LogP contribution in [-0.2, 0) is 4.74 Å². The van der Waals surface area contributed by atoms with Crippen molar-refractivity contribution in [1.82, 2.24) is 5.32 Å². The average Bonchev–Trinajstić information content (AvgIpc) is 2.51. The van der Waals surface area contributed by atoms with Crippen molar-refractivity contribution >= 4 is 0 Å². The fraction of sp³-hybridized carbons (Fsp3) is 0.684. The van der Waals surface area contributed by atoms with E-state index in [9.17, 15) is 0 Å². The van der Waals surface area contributed by atoms with Gasteiger partial charge in [-0.05, 0) is 43.7 Å². The molecule has 4 unspecified atom stereocenters. The fourth-order valence-corrected chi connectivity index (χ4v) is 3.79. The Kier molecular flexibility index (Phi) is 6.72. The van der Waals surface area contributed by atoms with Crippen molar-refractivity contribution in [2.24, 2.45) is 11.8 Å². The molecule has 1 saturated carbocycles. The van der Waals surface area contributed by atoms with E-state index in [-0.39, 0.29) is 6.10 Å². The Morgan fingerprint density at radius 2 is 1.95 bits per heavy atom. The molecule has 0 heterocycles. The SMILES string of the molecule is CCNC(C1CCCC(C)C1)C(OCC)c1ccccc1. The molecule has 0 spiro atoms. The number of benzene rings is 1.